The fourth-order valence-electron chi connectivity index (χ4n) is 5.78. The van der Waals surface area contributed by atoms with E-state index in [1.165, 1.54) is 12.1 Å². The zero-order valence-corrected chi connectivity index (χ0v) is 26.5. The van der Waals surface area contributed by atoms with E-state index in [2.05, 4.69) is 20.5 Å². The molecule has 1 saturated heterocycles. The number of aromatic hydroxyl groups is 1. The lowest BCUT2D eigenvalue weighted by atomic mass is 9.91. The maximum absolute atomic E-state index is 13.7. The number of carbonyl (C=O) groups is 2. The zero-order valence-electron chi connectivity index (χ0n) is 26.5. The van der Waals surface area contributed by atoms with Crippen molar-refractivity contribution in [1.29, 1.82) is 0 Å². The summed E-state index contributed by atoms with van der Waals surface area (Å²) in [5.74, 6) is -0.862. The molecule has 1 unspecified atom stereocenters. The standard InChI is InChI=1S/C35H47N5O5/c1-35(2,3)38-34(45)32-23-39(21-26-10-7-15-36-20-26)16-17-40(32)22-30(43)19-28(18-25-8-5-4-6-9-25)33(44)37-31(24-41)27-11-13-29(42)14-12-27/h4-15,20,28,30-32,41-43H,16-19,21-24H2,1-3H3,(H,37,44)(H,38,45)/t28-,30+,31?,32+/m1/s1. The van der Waals surface area contributed by atoms with Crippen LogP contribution >= 0.6 is 0 Å². The highest BCUT2D eigenvalue weighted by Crippen LogP contribution is 2.22. The molecular weight excluding hydrogens is 570 g/mol. The van der Waals surface area contributed by atoms with Crippen molar-refractivity contribution in [2.24, 2.45) is 5.92 Å². The van der Waals surface area contributed by atoms with Crippen LogP contribution in [0.2, 0.25) is 0 Å². The van der Waals surface area contributed by atoms with Gasteiger partial charge in [0.1, 0.15) is 11.8 Å². The Morgan fingerprint density at radius 3 is 2.36 bits per heavy atom. The summed E-state index contributed by atoms with van der Waals surface area (Å²) in [4.78, 5) is 35.6. The van der Waals surface area contributed by atoms with Crippen LogP contribution in [0.1, 0.15) is 49.9 Å². The molecule has 4 rings (SSSR count). The Labute approximate surface area is 266 Å². The van der Waals surface area contributed by atoms with Gasteiger partial charge in [-0.3, -0.25) is 24.4 Å². The highest BCUT2D eigenvalue weighted by atomic mass is 16.3. The van der Waals surface area contributed by atoms with Crippen LogP contribution in [0.25, 0.3) is 0 Å². The molecular formula is C35H47N5O5. The minimum Gasteiger partial charge on any atom is -0.508 e. The number of β-amino-alcohol motifs (C(OH)–C–C–N with tert-alkyl or cyclic N) is 1. The van der Waals surface area contributed by atoms with Gasteiger partial charge >= 0.3 is 0 Å². The molecule has 1 aromatic heterocycles. The highest BCUT2D eigenvalue weighted by Gasteiger charge is 2.36. The Morgan fingerprint density at radius 1 is 1.00 bits per heavy atom. The van der Waals surface area contributed by atoms with Gasteiger partial charge in [-0.2, -0.15) is 0 Å². The van der Waals surface area contributed by atoms with E-state index in [9.17, 15) is 24.9 Å². The fourth-order valence-corrected chi connectivity index (χ4v) is 5.78. The summed E-state index contributed by atoms with van der Waals surface area (Å²) >= 11 is 0. The summed E-state index contributed by atoms with van der Waals surface area (Å²) in [6.45, 7) is 8.26. The summed E-state index contributed by atoms with van der Waals surface area (Å²) in [5.41, 5.74) is 2.29. The Bertz CT molecular complexity index is 1350. The molecule has 0 radical (unpaired) electrons. The Kier molecular flexibility index (Phi) is 12.1. The number of piperazine rings is 1. The number of pyridine rings is 1. The second-order valence-corrected chi connectivity index (χ2v) is 13.0. The largest absolute Gasteiger partial charge is 0.508 e. The molecule has 0 spiro atoms. The summed E-state index contributed by atoms with van der Waals surface area (Å²) < 4.78 is 0. The van der Waals surface area contributed by atoms with Gasteiger partial charge in [0.15, 0.2) is 0 Å². The third kappa shape index (κ3) is 10.6. The van der Waals surface area contributed by atoms with E-state index in [1.54, 1.807) is 18.3 Å². The van der Waals surface area contributed by atoms with E-state index < -0.39 is 29.6 Å². The first kappa shape index (κ1) is 34.1. The summed E-state index contributed by atoms with van der Waals surface area (Å²) in [5, 5.41) is 37.2. The molecule has 0 saturated carbocycles. The van der Waals surface area contributed by atoms with Crippen LogP contribution < -0.4 is 10.6 Å². The van der Waals surface area contributed by atoms with Crippen LogP contribution in [-0.2, 0) is 22.6 Å². The molecule has 1 fully saturated rings. The molecule has 3 aromatic rings. The number of amides is 2. The van der Waals surface area contributed by atoms with Crippen LogP contribution in [0.15, 0.2) is 79.1 Å². The quantitative estimate of drug-likeness (QED) is 0.197. The number of aliphatic hydroxyl groups excluding tert-OH is 2. The second-order valence-electron chi connectivity index (χ2n) is 13.0. The van der Waals surface area contributed by atoms with E-state index in [0.717, 1.165) is 17.7 Å². The smallest absolute Gasteiger partial charge is 0.239 e. The lowest BCUT2D eigenvalue weighted by molar-refractivity contribution is -0.132. The predicted molar refractivity (Wildman–Crippen MR) is 173 cm³/mol. The van der Waals surface area contributed by atoms with E-state index in [0.29, 0.717) is 31.6 Å². The molecule has 10 nitrogen and oxygen atoms in total. The Morgan fingerprint density at radius 2 is 1.71 bits per heavy atom. The number of hydrogen-bond donors (Lipinski definition) is 5. The minimum absolute atomic E-state index is 0.0937. The maximum atomic E-state index is 13.7. The van der Waals surface area contributed by atoms with Crippen LogP contribution in [0, 0.1) is 5.92 Å². The highest BCUT2D eigenvalue weighted by molar-refractivity contribution is 5.83. The van der Waals surface area contributed by atoms with Crippen molar-refractivity contribution < 1.29 is 24.9 Å². The van der Waals surface area contributed by atoms with Crippen molar-refractivity contribution >= 4 is 11.8 Å². The molecule has 4 atom stereocenters. The number of nitrogens with zero attached hydrogens (tertiary/aromatic N) is 3. The number of aliphatic hydroxyl groups is 2. The topological polar surface area (TPSA) is 138 Å². The van der Waals surface area contributed by atoms with Gasteiger partial charge in [0.25, 0.3) is 0 Å². The van der Waals surface area contributed by atoms with Crippen LogP contribution in [-0.4, -0.2) is 92.4 Å². The molecule has 10 heteroatoms. The molecule has 0 aliphatic carbocycles. The van der Waals surface area contributed by atoms with Gasteiger partial charge in [0.05, 0.1) is 18.8 Å². The van der Waals surface area contributed by atoms with E-state index in [-0.39, 0.29) is 37.1 Å². The van der Waals surface area contributed by atoms with Crippen molar-refractivity contribution in [3.05, 3.63) is 95.8 Å². The number of phenols is 1. The van der Waals surface area contributed by atoms with Crippen molar-refractivity contribution in [1.82, 2.24) is 25.4 Å². The normalized spacial score (nSPS) is 18.1. The number of phenolic OH excluding ortho intramolecular Hbond substituents is 1. The molecule has 2 amide bonds. The zero-order chi connectivity index (χ0) is 32.4. The molecule has 242 valence electrons. The summed E-state index contributed by atoms with van der Waals surface area (Å²) in [6, 6.07) is 18.8. The second kappa shape index (κ2) is 15.9. The minimum atomic E-state index is -0.875. The third-order valence-corrected chi connectivity index (χ3v) is 8.00. The van der Waals surface area contributed by atoms with Gasteiger partial charge < -0.3 is 26.0 Å². The van der Waals surface area contributed by atoms with Gasteiger partial charge in [-0.15, -0.1) is 0 Å². The van der Waals surface area contributed by atoms with E-state index in [1.807, 2.05) is 74.3 Å². The van der Waals surface area contributed by atoms with E-state index in [4.69, 9.17) is 0 Å². The lowest BCUT2D eigenvalue weighted by Crippen LogP contribution is -2.61. The molecule has 5 N–H and O–H groups in total. The average molecular weight is 618 g/mol. The molecule has 2 aromatic carbocycles. The SMILES string of the molecule is CC(C)(C)NC(=O)[C@@H]1CN(Cc2cccnc2)CCN1C[C@@H](O)C[C@@H](Cc1ccccc1)C(=O)NC(CO)c1ccc(O)cc1. The molecule has 2 heterocycles. The number of hydrogen-bond acceptors (Lipinski definition) is 8. The van der Waals surface area contributed by atoms with Gasteiger partial charge in [-0.05, 0) is 68.5 Å². The van der Waals surface area contributed by atoms with Gasteiger partial charge in [-0.1, -0.05) is 48.5 Å². The van der Waals surface area contributed by atoms with Crippen molar-refractivity contribution in [3.63, 3.8) is 0 Å². The predicted octanol–water partition coefficient (Wildman–Crippen LogP) is 2.65. The van der Waals surface area contributed by atoms with Crippen molar-refractivity contribution in [2.75, 3.05) is 32.8 Å². The van der Waals surface area contributed by atoms with Crippen LogP contribution in [0.4, 0.5) is 0 Å². The Balaban J connectivity index is 1.47. The summed E-state index contributed by atoms with van der Waals surface area (Å²) in [6.07, 6.45) is 3.29. The van der Waals surface area contributed by atoms with Crippen LogP contribution in [0.3, 0.4) is 0 Å². The van der Waals surface area contributed by atoms with Gasteiger partial charge in [0, 0.05) is 56.6 Å². The van der Waals surface area contributed by atoms with Crippen molar-refractivity contribution in [2.45, 2.75) is 63.9 Å². The average Bonchev–Trinajstić information content (AvgIpc) is 3.01. The number of rotatable bonds is 13. The first-order valence-electron chi connectivity index (χ1n) is 15.6. The number of carbonyl (C=O) groups excluding carboxylic acids is 2. The van der Waals surface area contributed by atoms with Crippen molar-refractivity contribution in [3.8, 4) is 5.75 Å². The molecule has 1 aliphatic rings. The van der Waals surface area contributed by atoms with Gasteiger partial charge in [-0.25, -0.2) is 0 Å². The molecule has 0 bridgehead atoms. The van der Waals surface area contributed by atoms with Gasteiger partial charge in [0.2, 0.25) is 11.8 Å². The maximum Gasteiger partial charge on any atom is 0.239 e. The first-order valence-corrected chi connectivity index (χ1v) is 15.6. The summed E-state index contributed by atoms with van der Waals surface area (Å²) in [7, 11) is 0. The Hall–Kier alpha value is -3.83. The molecule has 45 heavy (non-hydrogen) atoms. The fraction of sp³-hybridized carbons (Fsp3) is 0.457. The number of benzene rings is 2. The van der Waals surface area contributed by atoms with E-state index >= 15 is 0 Å². The number of nitrogens with one attached hydrogen (secondary N) is 2. The lowest BCUT2D eigenvalue weighted by Gasteiger charge is -2.42. The third-order valence-electron chi connectivity index (χ3n) is 8.00. The van der Waals surface area contributed by atoms with Crippen LogP contribution in [0.5, 0.6) is 5.75 Å². The monoisotopic (exact) mass is 617 g/mol. The first-order chi connectivity index (χ1) is 21.5. The number of aromatic nitrogens is 1. The molecule has 1 aliphatic heterocycles.